The highest BCUT2D eigenvalue weighted by Crippen LogP contribution is 2.30. The van der Waals surface area contributed by atoms with Gasteiger partial charge in [0.15, 0.2) is 0 Å². The van der Waals surface area contributed by atoms with Crippen LogP contribution in [-0.4, -0.2) is 6.54 Å². The van der Waals surface area contributed by atoms with Gasteiger partial charge in [0.2, 0.25) is 0 Å². The molecule has 2 heteroatoms. The number of hydrogen-bond acceptors (Lipinski definition) is 2. The molecule has 1 aliphatic carbocycles. The Morgan fingerprint density at radius 1 is 1.05 bits per heavy atom. The molecule has 0 unspecified atom stereocenters. The predicted octanol–water partition coefficient (Wildman–Crippen LogP) is 4.47. The van der Waals surface area contributed by atoms with Crippen molar-refractivity contribution in [1.29, 1.82) is 0 Å². The van der Waals surface area contributed by atoms with Gasteiger partial charge < -0.3 is 10.1 Å². The highest BCUT2D eigenvalue weighted by atomic mass is 16.5. The number of hydrogen-bond donors (Lipinski definition) is 1. The fraction of sp³-hybridized carbons (Fsp3) is 0.368. The molecule has 110 valence electrons. The van der Waals surface area contributed by atoms with Crippen LogP contribution in [0.2, 0.25) is 0 Å². The Labute approximate surface area is 127 Å². The number of benzene rings is 2. The lowest BCUT2D eigenvalue weighted by molar-refractivity contribution is 0.472. The largest absolute Gasteiger partial charge is 0.457 e. The minimum atomic E-state index is 0.856. The monoisotopic (exact) mass is 281 g/mol. The number of ether oxygens (including phenoxy) is 1. The molecule has 2 aromatic carbocycles. The molecule has 3 rings (SSSR count). The van der Waals surface area contributed by atoms with Gasteiger partial charge in [-0.25, -0.2) is 0 Å². The van der Waals surface area contributed by atoms with Crippen molar-refractivity contribution in [3.8, 4) is 11.5 Å². The molecule has 0 heterocycles. The summed E-state index contributed by atoms with van der Waals surface area (Å²) >= 11 is 0. The van der Waals surface area contributed by atoms with Gasteiger partial charge in [-0.3, -0.25) is 0 Å². The third kappa shape index (κ3) is 3.45. The van der Waals surface area contributed by atoms with Gasteiger partial charge in [0.25, 0.3) is 0 Å². The second kappa shape index (κ2) is 6.77. The summed E-state index contributed by atoms with van der Waals surface area (Å²) in [5, 5.41) is 3.44. The fourth-order valence-electron chi connectivity index (χ4n) is 2.89. The average Bonchev–Trinajstić information content (AvgIpc) is 2.97. The Bertz CT molecular complexity index is 606. The van der Waals surface area contributed by atoms with Gasteiger partial charge >= 0.3 is 0 Å². The first-order chi connectivity index (χ1) is 10.4. The Hall–Kier alpha value is -1.80. The van der Waals surface area contributed by atoms with E-state index in [0.717, 1.165) is 31.0 Å². The van der Waals surface area contributed by atoms with Crippen molar-refractivity contribution in [2.75, 3.05) is 6.54 Å². The van der Waals surface area contributed by atoms with Crippen LogP contribution in [0, 0.1) is 0 Å². The molecule has 2 nitrogen and oxygen atoms in total. The molecular weight excluding hydrogens is 258 g/mol. The van der Waals surface area contributed by atoms with Gasteiger partial charge in [0.1, 0.15) is 11.5 Å². The van der Waals surface area contributed by atoms with Gasteiger partial charge in [0, 0.05) is 12.1 Å². The number of fused-ring (bicyclic) bond motifs is 1. The normalized spacial score (nSPS) is 13.2. The first-order valence-electron chi connectivity index (χ1n) is 7.95. The molecule has 1 aliphatic rings. The molecule has 0 fully saturated rings. The van der Waals surface area contributed by atoms with Crippen LogP contribution in [0.1, 0.15) is 36.5 Å². The second-order valence-electron chi connectivity index (χ2n) is 5.67. The predicted molar refractivity (Wildman–Crippen MR) is 87.0 cm³/mol. The first-order valence-corrected chi connectivity index (χ1v) is 7.95. The second-order valence-corrected chi connectivity index (χ2v) is 5.67. The van der Waals surface area contributed by atoms with Gasteiger partial charge in [-0.15, -0.1) is 0 Å². The summed E-state index contributed by atoms with van der Waals surface area (Å²) in [5.41, 5.74) is 4.15. The summed E-state index contributed by atoms with van der Waals surface area (Å²) < 4.78 is 6.13. The fourth-order valence-corrected chi connectivity index (χ4v) is 2.89. The maximum absolute atomic E-state index is 6.13. The minimum Gasteiger partial charge on any atom is -0.457 e. The Morgan fingerprint density at radius 2 is 1.90 bits per heavy atom. The van der Waals surface area contributed by atoms with Crippen LogP contribution in [0.3, 0.4) is 0 Å². The SMILES string of the molecule is CCCNCc1ccccc1Oc1ccc2c(c1)CCC2. The Balaban J connectivity index is 1.75. The maximum atomic E-state index is 6.13. The lowest BCUT2D eigenvalue weighted by Crippen LogP contribution is -2.14. The maximum Gasteiger partial charge on any atom is 0.131 e. The highest BCUT2D eigenvalue weighted by Gasteiger charge is 2.12. The summed E-state index contributed by atoms with van der Waals surface area (Å²) in [6.45, 7) is 4.07. The van der Waals surface area contributed by atoms with E-state index in [-0.39, 0.29) is 0 Å². The summed E-state index contributed by atoms with van der Waals surface area (Å²) in [5.74, 6) is 1.91. The zero-order valence-electron chi connectivity index (χ0n) is 12.7. The van der Waals surface area contributed by atoms with E-state index >= 15 is 0 Å². The molecular formula is C19H23NO. The zero-order chi connectivity index (χ0) is 14.5. The van der Waals surface area contributed by atoms with E-state index in [1.165, 1.54) is 36.0 Å². The van der Waals surface area contributed by atoms with Crippen molar-refractivity contribution < 1.29 is 4.74 Å². The van der Waals surface area contributed by atoms with Crippen molar-refractivity contribution in [3.05, 3.63) is 59.2 Å². The molecule has 0 aliphatic heterocycles. The van der Waals surface area contributed by atoms with E-state index in [0.29, 0.717) is 0 Å². The molecule has 21 heavy (non-hydrogen) atoms. The van der Waals surface area contributed by atoms with Crippen LogP contribution < -0.4 is 10.1 Å². The van der Waals surface area contributed by atoms with Crippen LogP contribution in [-0.2, 0) is 19.4 Å². The van der Waals surface area contributed by atoms with Crippen molar-refractivity contribution in [2.24, 2.45) is 0 Å². The van der Waals surface area contributed by atoms with E-state index in [1.807, 2.05) is 6.07 Å². The number of rotatable bonds is 6. The van der Waals surface area contributed by atoms with Gasteiger partial charge in [-0.2, -0.15) is 0 Å². The molecule has 0 saturated heterocycles. The van der Waals surface area contributed by atoms with E-state index in [2.05, 4.69) is 48.6 Å². The Morgan fingerprint density at radius 3 is 2.81 bits per heavy atom. The lowest BCUT2D eigenvalue weighted by atomic mass is 10.1. The van der Waals surface area contributed by atoms with Crippen LogP contribution >= 0.6 is 0 Å². The summed E-state index contributed by atoms with van der Waals surface area (Å²) in [6, 6.07) is 14.8. The molecule has 0 atom stereocenters. The number of nitrogens with one attached hydrogen (secondary N) is 1. The minimum absolute atomic E-state index is 0.856. The summed E-state index contributed by atoms with van der Waals surface area (Å²) in [6.07, 6.45) is 4.82. The molecule has 0 saturated carbocycles. The summed E-state index contributed by atoms with van der Waals surface area (Å²) in [7, 11) is 0. The summed E-state index contributed by atoms with van der Waals surface area (Å²) in [4.78, 5) is 0. The van der Waals surface area contributed by atoms with Crippen molar-refractivity contribution in [1.82, 2.24) is 5.32 Å². The van der Waals surface area contributed by atoms with Crippen molar-refractivity contribution in [2.45, 2.75) is 39.2 Å². The quantitative estimate of drug-likeness (QED) is 0.789. The third-order valence-electron chi connectivity index (χ3n) is 4.01. The number of para-hydroxylation sites is 1. The van der Waals surface area contributed by atoms with Crippen LogP contribution in [0.4, 0.5) is 0 Å². The van der Waals surface area contributed by atoms with E-state index in [1.54, 1.807) is 0 Å². The molecule has 2 aromatic rings. The van der Waals surface area contributed by atoms with E-state index < -0.39 is 0 Å². The standard InChI is InChI=1S/C19H23NO/c1-2-12-20-14-17-6-3-4-9-19(17)21-18-11-10-15-7-5-8-16(15)13-18/h3-4,6,9-11,13,20H,2,5,7-8,12,14H2,1H3. The molecule has 0 amide bonds. The molecule has 0 spiro atoms. The molecule has 0 aromatic heterocycles. The van der Waals surface area contributed by atoms with E-state index in [9.17, 15) is 0 Å². The molecule has 0 radical (unpaired) electrons. The lowest BCUT2D eigenvalue weighted by Gasteiger charge is -2.12. The molecule has 1 N–H and O–H groups in total. The number of aryl methyl sites for hydroxylation is 2. The Kier molecular flexibility index (Phi) is 4.56. The van der Waals surface area contributed by atoms with Crippen LogP contribution in [0.5, 0.6) is 11.5 Å². The third-order valence-corrected chi connectivity index (χ3v) is 4.01. The first kappa shape index (κ1) is 14.2. The van der Waals surface area contributed by atoms with Gasteiger partial charge in [-0.05, 0) is 61.6 Å². The van der Waals surface area contributed by atoms with Crippen LogP contribution in [0.25, 0.3) is 0 Å². The molecule has 0 bridgehead atoms. The zero-order valence-corrected chi connectivity index (χ0v) is 12.7. The topological polar surface area (TPSA) is 21.3 Å². The average molecular weight is 281 g/mol. The van der Waals surface area contributed by atoms with Gasteiger partial charge in [-0.1, -0.05) is 31.2 Å². The van der Waals surface area contributed by atoms with Gasteiger partial charge in [0.05, 0.1) is 0 Å². The van der Waals surface area contributed by atoms with Crippen LogP contribution in [0.15, 0.2) is 42.5 Å². The smallest absolute Gasteiger partial charge is 0.131 e. The highest BCUT2D eigenvalue weighted by molar-refractivity contribution is 5.42. The van der Waals surface area contributed by atoms with E-state index in [4.69, 9.17) is 4.74 Å². The van der Waals surface area contributed by atoms with Crippen molar-refractivity contribution >= 4 is 0 Å². The van der Waals surface area contributed by atoms with Crippen molar-refractivity contribution in [3.63, 3.8) is 0 Å².